The van der Waals surface area contributed by atoms with Crippen molar-refractivity contribution in [3.8, 4) is 0 Å². The first-order chi connectivity index (χ1) is 9.29. The van der Waals surface area contributed by atoms with Gasteiger partial charge >= 0.3 is 0 Å². The van der Waals surface area contributed by atoms with Gasteiger partial charge in [0.25, 0.3) is 0 Å². The first-order valence-corrected chi connectivity index (χ1v) is 7.12. The molecule has 6 nitrogen and oxygen atoms in total. The number of hydrogen-bond donors (Lipinski definition) is 1. The summed E-state index contributed by atoms with van der Waals surface area (Å²) in [6.07, 6.45) is 6.36. The van der Waals surface area contributed by atoms with Gasteiger partial charge in [-0.3, -0.25) is 9.48 Å². The van der Waals surface area contributed by atoms with Crippen molar-refractivity contribution in [2.24, 2.45) is 5.92 Å². The molecule has 1 aliphatic rings. The van der Waals surface area contributed by atoms with E-state index in [1.807, 2.05) is 11.8 Å². The van der Waals surface area contributed by atoms with Gasteiger partial charge in [0, 0.05) is 25.7 Å². The standard InChI is InChI=1S/C13H23N5O/c1-2-17(11-12-4-3-6-14-10-12)13(19)5-8-18-9-7-15-16-18/h7,9,12,14H,2-6,8,10-11H2,1H3. The Hall–Kier alpha value is -1.43. The van der Waals surface area contributed by atoms with Crippen LogP contribution in [0.1, 0.15) is 26.2 Å². The lowest BCUT2D eigenvalue weighted by molar-refractivity contribution is -0.132. The lowest BCUT2D eigenvalue weighted by Crippen LogP contribution is -2.41. The number of amides is 1. The molecule has 1 saturated heterocycles. The number of carbonyl (C=O) groups excluding carboxylic acids is 1. The van der Waals surface area contributed by atoms with Crippen molar-refractivity contribution in [1.82, 2.24) is 25.2 Å². The Morgan fingerprint density at radius 3 is 3.11 bits per heavy atom. The second-order valence-electron chi connectivity index (χ2n) is 5.06. The zero-order valence-corrected chi connectivity index (χ0v) is 11.6. The van der Waals surface area contributed by atoms with Gasteiger partial charge in [0.1, 0.15) is 0 Å². The Labute approximate surface area is 114 Å². The van der Waals surface area contributed by atoms with Gasteiger partial charge in [-0.1, -0.05) is 5.21 Å². The molecule has 1 amide bonds. The molecular formula is C13H23N5O. The molecule has 0 spiro atoms. The van der Waals surface area contributed by atoms with Crippen molar-refractivity contribution in [2.45, 2.75) is 32.7 Å². The number of aromatic nitrogens is 3. The highest BCUT2D eigenvalue weighted by Gasteiger charge is 2.19. The number of hydrogen-bond acceptors (Lipinski definition) is 4. The third kappa shape index (κ3) is 4.31. The number of nitrogens with one attached hydrogen (secondary N) is 1. The fraction of sp³-hybridized carbons (Fsp3) is 0.769. The second kappa shape index (κ2) is 7.23. The van der Waals surface area contributed by atoms with E-state index in [0.717, 1.165) is 26.2 Å². The predicted octanol–water partition coefficient (Wildman–Crippen LogP) is 0.516. The van der Waals surface area contributed by atoms with Gasteiger partial charge < -0.3 is 10.2 Å². The quantitative estimate of drug-likeness (QED) is 0.814. The Kier molecular flexibility index (Phi) is 5.32. The molecule has 1 aromatic rings. The molecule has 2 rings (SSSR count). The van der Waals surface area contributed by atoms with Crippen LogP contribution in [0.25, 0.3) is 0 Å². The van der Waals surface area contributed by atoms with E-state index in [2.05, 4.69) is 15.6 Å². The maximum absolute atomic E-state index is 12.2. The molecule has 0 bridgehead atoms. The highest BCUT2D eigenvalue weighted by Crippen LogP contribution is 2.12. The van der Waals surface area contributed by atoms with E-state index in [1.54, 1.807) is 17.1 Å². The zero-order chi connectivity index (χ0) is 13.5. The van der Waals surface area contributed by atoms with Gasteiger partial charge in [-0.05, 0) is 38.8 Å². The Bertz CT molecular complexity index is 372. The van der Waals surface area contributed by atoms with E-state index in [1.165, 1.54) is 12.8 Å². The molecule has 1 N–H and O–H groups in total. The van der Waals surface area contributed by atoms with Crippen molar-refractivity contribution < 1.29 is 4.79 Å². The van der Waals surface area contributed by atoms with Gasteiger partial charge in [-0.15, -0.1) is 5.10 Å². The van der Waals surface area contributed by atoms with Crippen LogP contribution in [0, 0.1) is 5.92 Å². The lowest BCUT2D eigenvalue weighted by atomic mass is 9.99. The van der Waals surface area contributed by atoms with Crippen LogP contribution >= 0.6 is 0 Å². The fourth-order valence-corrected chi connectivity index (χ4v) is 2.52. The first-order valence-electron chi connectivity index (χ1n) is 7.12. The van der Waals surface area contributed by atoms with Gasteiger partial charge in [0.2, 0.25) is 5.91 Å². The van der Waals surface area contributed by atoms with E-state index >= 15 is 0 Å². The summed E-state index contributed by atoms with van der Waals surface area (Å²) in [7, 11) is 0. The maximum atomic E-state index is 12.2. The molecule has 1 unspecified atom stereocenters. The largest absolute Gasteiger partial charge is 0.343 e. The normalized spacial score (nSPS) is 19.3. The second-order valence-corrected chi connectivity index (χ2v) is 5.06. The number of rotatable bonds is 6. The molecule has 0 saturated carbocycles. The van der Waals surface area contributed by atoms with E-state index in [0.29, 0.717) is 18.9 Å². The Morgan fingerprint density at radius 2 is 2.47 bits per heavy atom. The average molecular weight is 265 g/mol. The molecule has 1 aliphatic heterocycles. The molecule has 0 aromatic carbocycles. The van der Waals surface area contributed by atoms with Gasteiger partial charge in [0.05, 0.1) is 12.7 Å². The Balaban J connectivity index is 1.77. The van der Waals surface area contributed by atoms with Gasteiger partial charge in [0.15, 0.2) is 0 Å². The van der Waals surface area contributed by atoms with Crippen molar-refractivity contribution in [1.29, 1.82) is 0 Å². The van der Waals surface area contributed by atoms with Gasteiger partial charge in [-0.2, -0.15) is 0 Å². The zero-order valence-electron chi connectivity index (χ0n) is 11.6. The molecule has 6 heteroatoms. The van der Waals surface area contributed by atoms with Crippen LogP contribution in [-0.2, 0) is 11.3 Å². The van der Waals surface area contributed by atoms with Crippen LogP contribution in [0.5, 0.6) is 0 Å². The van der Waals surface area contributed by atoms with Crippen molar-refractivity contribution in [2.75, 3.05) is 26.2 Å². The number of carbonyl (C=O) groups is 1. The van der Waals surface area contributed by atoms with E-state index in [9.17, 15) is 4.79 Å². The van der Waals surface area contributed by atoms with E-state index < -0.39 is 0 Å². The number of nitrogens with zero attached hydrogens (tertiary/aromatic N) is 4. The molecular weight excluding hydrogens is 242 g/mol. The molecule has 0 aliphatic carbocycles. The molecule has 1 fully saturated rings. The van der Waals surface area contributed by atoms with Crippen LogP contribution in [0.4, 0.5) is 0 Å². The summed E-state index contributed by atoms with van der Waals surface area (Å²) in [6, 6.07) is 0. The topological polar surface area (TPSA) is 63.1 Å². The van der Waals surface area contributed by atoms with Crippen molar-refractivity contribution in [3.63, 3.8) is 0 Å². The first kappa shape index (κ1) is 14.0. The summed E-state index contributed by atoms with van der Waals surface area (Å²) in [5.41, 5.74) is 0. The third-order valence-corrected chi connectivity index (χ3v) is 3.64. The average Bonchev–Trinajstić information content (AvgIpc) is 2.96. The summed E-state index contributed by atoms with van der Waals surface area (Å²) in [4.78, 5) is 14.2. The van der Waals surface area contributed by atoms with Crippen molar-refractivity contribution >= 4 is 5.91 Å². The smallest absolute Gasteiger partial charge is 0.224 e. The molecule has 1 atom stereocenters. The summed E-state index contributed by atoms with van der Waals surface area (Å²) < 4.78 is 1.70. The van der Waals surface area contributed by atoms with Crippen LogP contribution < -0.4 is 5.32 Å². The van der Waals surface area contributed by atoms with Crippen LogP contribution in [0.15, 0.2) is 12.4 Å². The van der Waals surface area contributed by atoms with Crippen LogP contribution in [0.2, 0.25) is 0 Å². The summed E-state index contributed by atoms with van der Waals surface area (Å²) in [5.74, 6) is 0.813. The highest BCUT2D eigenvalue weighted by atomic mass is 16.2. The monoisotopic (exact) mass is 265 g/mol. The minimum atomic E-state index is 0.212. The fourth-order valence-electron chi connectivity index (χ4n) is 2.52. The number of piperidine rings is 1. The molecule has 1 aromatic heterocycles. The van der Waals surface area contributed by atoms with Gasteiger partial charge in [-0.25, -0.2) is 0 Å². The lowest BCUT2D eigenvalue weighted by Gasteiger charge is -2.29. The summed E-state index contributed by atoms with van der Waals surface area (Å²) >= 11 is 0. The summed E-state index contributed by atoms with van der Waals surface area (Å²) in [5, 5.41) is 11.0. The minimum absolute atomic E-state index is 0.212. The van der Waals surface area contributed by atoms with E-state index in [-0.39, 0.29) is 5.91 Å². The van der Waals surface area contributed by atoms with Crippen LogP contribution in [-0.4, -0.2) is 52.0 Å². The van der Waals surface area contributed by atoms with Crippen molar-refractivity contribution in [3.05, 3.63) is 12.4 Å². The number of aryl methyl sites for hydroxylation is 1. The van der Waals surface area contributed by atoms with Crippen LogP contribution in [0.3, 0.4) is 0 Å². The molecule has 106 valence electrons. The maximum Gasteiger partial charge on any atom is 0.224 e. The summed E-state index contributed by atoms with van der Waals surface area (Å²) in [6.45, 7) is 6.46. The molecule has 2 heterocycles. The molecule has 0 radical (unpaired) electrons. The molecule has 19 heavy (non-hydrogen) atoms. The van der Waals surface area contributed by atoms with E-state index in [4.69, 9.17) is 0 Å². The SMILES string of the molecule is CCN(CC1CCCNC1)C(=O)CCn1ccnn1. The highest BCUT2D eigenvalue weighted by molar-refractivity contribution is 5.76. The predicted molar refractivity (Wildman–Crippen MR) is 72.5 cm³/mol. The minimum Gasteiger partial charge on any atom is -0.343 e. The third-order valence-electron chi connectivity index (χ3n) is 3.64. The Morgan fingerprint density at radius 1 is 1.58 bits per heavy atom.